The van der Waals surface area contributed by atoms with Gasteiger partial charge in [-0.25, -0.2) is 4.79 Å². The average molecular weight is 312 g/mol. The number of unbranched alkanes of at least 4 members (excludes halogenated alkanes) is 9. The fourth-order valence-electron chi connectivity index (χ4n) is 2.13. The molecule has 0 aliphatic carbocycles. The Labute approximate surface area is 137 Å². The van der Waals surface area contributed by atoms with E-state index in [2.05, 4.69) is 26.0 Å². The molecule has 22 heavy (non-hydrogen) atoms. The molecule has 3 nitrogen and oxygen atoms in total. The molecule has 0 aliphatic heterocycles. The minimum atomic E-state index is -0.511. The smallest absolute Gasteiger partial charge is 0.434 e. The van der Waals surface area contributed by atoms with Crippen molar-refractivity contribution in [2.45, 2.75) is 90.9 Å². The van der Waals surface area contributed by atoms with Crippen LogP contribution in [0.4, 0.5) is 4.79 Å². The van der Waals surface area contributed by atoms with Crippen molar-refractivity contribution < 1.29 is 14.3 Å². The van der Waals surface area contributed by atoms with E-state index in [1.807, 2.05) is 0 Å². The van der Waals surface area contributed by atoms with Crippen LogP contribution in [0.25, 0.3) is 0 Å². The van der Waals surface area contributed by atoms with Gasteiger partial charge in [0.2, 0.25) is 0 Å². The Hall–Kier alpha value is -0.990. The van der Waals surface area contributed by atoms with Gasteiger partial charge in [0.05, 0.1) is 13.2 Å². The first-order chi connectivity index (χ1) is 10.8. The third kappa shape index (κ3) is 17.1. The van der Waals surface area contributed by atoms with Crippen LogP contribution in [0.15, 0.2) is 12.2 Å². The Bertz CT molecular complexity index is 261. The maximum atomic E-state index is 11.2. The lowest BCUT2D eigenvalue weighted by atomic mass is 10.1. The zero-order valence-corrected chi connectivity index (χ0v) is 14.8. The highest BCUT2D eigenvalue weighted by Gasteiger charge is 2.02. The first-order valence-corrected chi connectivity index (χ1v) is 9.25. The first-order valence-electron chi connectivity index (χ1n) is 9.25. The predicted molar refractivity (Wildman–Crippen MR) is 93.2 cm³/mol. The maximum Gasteiger partial charge on any atom is 0.508 e. The molecule has 0 radical (unpaired) electrons. The minimum Gasteiger partial charge on any atom is -0.434 e. The van der Waals surface area contributed by atoms with Crippen molar-refractivity contribution in [2.75, 3.05) is 13.2 Å². The molecule has 0 heterocycles. The number of ether oxygens (including phenoxy) is 2. The summed E-state index contributed by atoms with van der Waals surface area (Å²) in [6, 6.07) is 0. The van der Waals surface area contributed by atoms with Gasteiger partial charge in [0.1, 0.15) is 0 Å². The van der Waals surface area contributed by atoms with Crippen molar-refractivity contribution in [2.24, 2.45) is 0 Å². The van der Waals surface area contributed by atoms with E-state index in [1.54, 1.807) is 0 Å². The van der Waals surface area contributed by atoms with Crippen LogP contribution >= 0.6 is 0 Å². The molecule has 0 atom stereocenters. The van der Waals surface area contributed by atoms with Gasteiger partial charge in [-0.15, -0.1) is 0 Å². The summed E-state index contributed by atoms with van der Waals surface area (Å²) in [6.07, 6.45) is 18.3. The number of allylic oxidation sites excluding steroid dienone is 2. The van der Waals surface area contributed by atoms with Crippen LogP contribution in [0.1, 0.15) is 90.9 Å². The molecule has 0 aromatic carbocycles. The van der Waals surface area contributed by atoms with Gasteiger partial charge in [0, 0.05) is 0 Å². The Morgan fingerprint density at radius 2 is 1.18 bits per heavy atom. The van der Waals surface area contributed by atoms with E-state index >= 15 is 0 Å². The summed E-state index contributed by atoms with van der Waals surface area (Å²) in [5, 5.41) is 0. The van der Waals surface area contributed by atoms with Gasteiger partial charge in [-0.3, -0.25) is 0 Å². The highest BCUT2D eigenvalue weighted by Crippen LogP contribution is 2.08. The van der Waals surface area contributed by atoms with Gasteiger partial charge in [-0.2, -0.15) is 0 Å². The molecule has 0 bridgehead atoms. The third-order valence-electron chi connectivity index (χ3n) is 3.59. The van der Waals surface area contributed by atoms with Crippen LogP contribution in [-0.4, -0.2) is 19.4 Å². The number of hydrogen-bond donors (Lipinski definition) is 0. The Morgan fingerprint density at radius 3 is 1.82 bits per heavy atom. The molecule has 0 aromatic heterocycles. The van der Waals surface area contributed by atoms with E-state index in [9.17, 15) is 4.79 Å². The SMILES string of the molecule is CCCCC=CCCCCCCCCOC(=O)OCCCC. The van der Waals surface area contributed by atoms with Gasteiger partial charge in [-0.05, 0) is 32.1 Å². The van der Waals surface area contributed by atoms with Crippen LogP contribution < -0.4 is 0 Å². The third-order valence-corrected chi connectivity index (χ3v) is 3.59. The number of carbonyl (C=O) groups excluding carboxylic acids is 1. The van der Waals surface area contributed by atoms with E-state index in [0.29, 0.717) is 13.2 Å². The van der Waals surface area contributed by atoms with Crippen LogP contribution in [0.3, 0.4) is 0 Å². The summed E-state index contributed by atoms with van der Waals surface area (Å²) < 4.78 is 9.93. The van der Waals surface area contributed by atoms with Crippen molar-refractivity contribution >= 4 is 6.16 Å². The molecule has 0 aromatic rings. The second-order valence-corrected chi connectivity index (χ2v) is 5.82. The van der Waals surface area contributed by atoms with Gasteiger partial charge >= 0.3 is 6.16 Å². The first kappa shape index (κ1) is 21.0. The Kier molecular flexibility index (Phi) is 17.2. The molecular weight excluding hydrogens is 276 g/mol. The van der Waals surface area contributed by atoms with E-state index < -0.39 is 6.16 Å². The Morgan fingerprint density at radius 1 is 0.682 bits per heavy atom. The lowest BCUT2D eigenvalue weighted by molar-refractivity contribution is 0.0532. The van der Waals surface area contributed by atoms with Gasteiger partial charge in [0.15, 0.2) is 0 Å². The number of carbonyl (C=O) groups is 1. The fourth-order valence-corrected chi connectivity index (χ4v) is 2.13. The van der Waals surface area contributed by atoms with Crippen molar-refractivity contribution in [3.05, 3.63) is 12.2 Å². The summed E-state index contributed by atoms with van der Waals surface area (Å²) in [7, 11) is 0. The summed E-state index contributed by atoms with van der Waals surface area (Å²) >= 11 is 0. The normalized spacial score (nSPS) is 11.0. The zero-order valence-electron chi connectivity index (χ0n) is 14.8. The predicted octanol–water partition coefficient (Wildman–Crippen LogP) is 6.42. The average Bonchev–Trinajstić information content (AvgIpc) is 2.52. The largest absolute Gasteiger partial charge is 0.508 e. The summed E-state index contributed by atoms with van der Waals surface area (Å²) in [4.78, 5) is 11.2. The van der Waals surface area contributed by atoms with Crippen LogP contribution in [0, 0.1) is 0 Å². The monoisotopic (exact) mass is 312 g/mol. The summed E-state index contributed by atoms with van der Waals surface area (Å²) in [5.41, 5.74) is 0. The highest BCUT2D eigenvalue weighted by atomic mass is 16.7. The highest BCUT2D eigenvalue weighted by molar-refractivity contribution is 5.59. The molecule has 0 spiro atoms. The summed E-state index contributed by atoms with van der Waals surface area (Å²) in [5.74, 6) is 0. The van der Waals surface area contributed by atoms with Crippen molar-refractivity contribution in [1.82, 2.24) is 0 Å². The van der Waals surface area contributed by atoms with Gasteiger partial charge < -0.3 is 9.47 Å². The van der Waals surface area contributed by atoms with Crippen molar-refractivity contribution in [3.8, 4) is 0 Å². The molecule has 0 fully saturated rings. The quantitative estimate of drug-likeness (QED) is 0.199. The van der Waals surface area contributed by atoms with Crippen LogP contribution in [0.5, 0.6) is 0 Å². The minimum absolute atomic E-state index is 0.474. The van der Waals surface area contributed by atoms with E-state index in [4.69, 9.17) is 9.47 Å². The molecule has 3 heteroatoms. The van der Waals surface area contributed by atoms with E-state index in [1.165, 1.54) is 51.4 Å². The van der Waals surface area contributed by atoms with Crippen LogP contribution in [-0.2, 0) is 9.47 Å². The Balaban J connectivity index is 3.14. The lowest BCUT2D eigenvalue weighted by Gasteiger charge is -2.05. The molecule has 0 saturated carbocycles. The summed E-state index contributed by atoms with van der Waals surface area (Å²) in [6.45, 7) is 5.26. The molecule has 0 N–H and O–H groups in total. The molecule has 0 aliphatic rings. The molecule has 0 rings (SSSR count). The van der Waals surface area contributed by atoms with Crippen molar-refractivity contribution in [3.63, 3.8) is 0 Å². The van der Waals surface area contributed by atoms with Crippen molar-refractivity contribution in [1.29, 1.82) is 0 Å². The molecule has 130 valence electrons. The topological polar surface area (TPSA) is 35.5 Å². The van der Waals surface area contributed by atoms with Gasteiger partial charge in [-0.1, -0.05) is 70.9 Å². The standard InChI is InChI=1S/C19H36O3/c1-3-5-7-8-9-10-11-12-13-14-15-16-18-22-19(20)21-17-6-4-2/h8-9H,3-7,10-18H2,1-2H3. The van der Waals surface area contributed by atoms with Gasteiger partial charge in [0.25, 0.3) is 0 Å². The molecule has 0 unspecified atom stereocenters. The van der Waals surface area contributed by atoms with E-state index in [0.717, 1.165) is 25.7 Å². The molecular formula is C19H36O3. The number of rotatable bonds is 15. The second kappa shape index (κ2) is 18.1. The maximum absolute atomic E-state index is 11.2. The second-order valence-electron chi connectivity index (χ2n) is 5.82. The zero-order chi connectivity index (χ0) is 16.3. The van der Waals surface area contributed by atoms with Crippen LogP contribution in [0.2, 0.25) is 0 Å². The lowest BCUT2D eigenvalue weighted by Crippen LogP contribution is -2.09. The molecule has 0 saturated heterocycles. The number of hydrogen-bond acceptors (Lipinski definition) is 3. The fraction of sp³-hybridized carbons (Fsp3) is 0.842. The van der Waals surface area contributed by atoms with E-state index in [-0.39, 0.29) is 0 Å². The molecule has 0 amide bonds.